The van der Waals surface area contributed by atoms with Crippen molar-refractivity contribution >= 4 is 38.7 Å². The largest absolute Gasteiger partial charge is 0.394 e. The average Bonchev–Trinajstić information content (AvgIpc) is 3.47. The van der Waals surface area contributed by atoms with Gasteiger partial charge in [-0.1, -0.05) is 18.2 Å². The van der Waals surface area contributed by atoms with Crippen LogP contribution >= 0.6 is 0 Å². The summed E-state index contributed by atoms with van der Waals surface area (Å²) < 4.78 is 38.7. The van der Waals surface area contributed by atoms with Crippen molar-refractivity contribution in [1.29, 1.82) is 0 Å². The van der Waals surface area contributed by atoms with Crippen LogP contribution in [-0.2, 0) is 21.4 Å². The van der Waals surface area contributed by atoms with E-state index in [1.54, 1.807) is 0 Å². The van der Waals surface area contributed by atoms with Gasteiger partial charge in [0, 0.05) is 11.3 Å². The van der Waals surface area contributed by atoms with Gasteiger partial charge in [-0.3, -0.25) is 13.9 Å². The maximum absolute atomic E-state index is 12.7. The van der Waals surface area contributed by atoms with E-state index in [0.717, 1.165) is 12.1 Å². The predicted octanol–water partition coefficient (Wildman–Crippen LogP) is 0.358. The highest BCUT2D eigenvalue weighted by Gasteiger charge is 2.44. The number of fused-ring (bicyclic) bond motifs is 1. The van der Waals surface area contributed by atoms with Gasteiger partial charge in [-0.2, -0.15) is 8.42 Å². The van der Waals surface area contributed by atoms with Gasteiger partial charge in [0.15, 0.2) is 29.0 Å². The third kappa shape index (κ3) is 5.44. The molecule has 0 aliphatic carbocycles. The van der Waals surface area contributed by atoms with Crippen molar-refractivity contribution in [3.8, 4) is 0 Å². The fourth-order valence-corrected chi connectivity index (χ4v) is 4.60. The normalized spacial score (nSPS) is 21.2. The van der Waals surface area contributed by atoms with Crippen LogP contribution in [0.25, 0.3) is 11.2 Å². The zero-order chi connectivity index (χ0) is 27.7. The number of rotatable bonds is 8. The number of ether oxygens (including phenoxy) is 1. The van der Waals surface area contributed by atoms with E-state index in [9.17, 15) is 28.5 Å². The van der Waals surface area contributed by atoms with Crippen molar-refractivity contribution in [3.05, 3.63) is 72.3 Å². The molecule has 0 saturated carbocycles. The highest BCUT2D eigenvalue weighted by Crippen LogP contribution is 2.33. The first-order valence-corrected chi connectivity index (χ1v) is 13.1. The average molecular weight is 557 g/mol. The maximum atomic E-state index is 12.7. The summed E-state index contributed by atoms with van der Waals surface area (Å²) in [6.07, 6.45) is -3.42. The number of aliphatic hydroxyl groups excluding tert-OH is 3. The molecule has 5 rings (SSSR count). The molecule has 1 fully saturated rings. The Morgan fingerprint density at radius 3 is 2.38 bits per heavy atom. The van der Waals surface area contributed by atoms with Crippen LogP contribution in [0.5, 0.6) is 0 Å². The molecule has 1 aliphatic heterocycles. The zero-order valence-corrected chi connectivity index (χ0v) is 20.9. The number of nitrogens with one attached hydrogen (secondary N) is 2. The Labute approximate surface area is 221 Å². The summed E-state index contributed by atoms with van der Waals surface area (Å²) in [5, 5.41) is 36.0. The number of benzene rings is 2. The molecular weight excluding hydrogens is 532 g/mol. The number of aromatic nitrogens is 4. The van der Waals surface area contributed by atoms with Crippen LogP contribution in [0.1, 0.15) is 22.4 Å². The molecule has 14 nitrogen and oxygen atoms in total. The molecule has 2 aromatic heterocycles. The SMILES string of the molecule is O=C(NCc1nc(Nc2ccccc2)c2ncn(C3OC(CO)C(O)C3O)c2n1)c1ccc(S(=O)(=O)O)cc1. The smallest absolute Gasteiger partial charge is 0.294 e. The Balaban J connectivity index is 1.46. The summed E-state index contributed by atoms with van der Waals surface area (Å²) in [6.45, 7) is -0.640. The Hall–Kier alpha value is -3.99. The highest BCUT2D eigenvalue weighted by atomic mass is 32.2. The van der Waals surface area contributed by atoms with Crippen LogP contribution < -0.4 is 10.6 Å². The number of para-hydroxylation sites is 1. The number of hydrogen-bond acceptors (Lipinski definition) is 11. The van der Waals surface area contributed by atoms with Crippen LogP contribution in [0, 0.1) is 0 Å². The summed E-state index contributed by atoms with van der Waals surface area (Å²) in [7, 11) is -4.39. The van der Waals surface area contributed by atoms with Gasteiger partial charge in [0.1, 0.15) is 18.3 Å². The summed E-state index contributed by atoms with van der Waals surface area (Å²) in [4.78, 5) is 25.7. The summed E-state index contributed by atoms with van der Waals surface area (Å²) in [5.41, 5.74) is 1.41. The molecule has 0 radical (unpaired) electrons. The van der Waals surface area contributed by atoms with Crippen LogP contribution in [0.4, 0.5) is 11.5 Å². The standard InChI is InChI=1S/C24H24N6O8S/c31-11-16-19(32)20(33)24(38-16)30-12-26-18-21(27-14-4-2-1-3-5-14)28-17(29-22(18)30)10-25-23(34)13-6-8-15(9-7-13)39(35,36)37/h1-9,12,16,19-20,24,31-33H,10-11H2,(H,25,34)(H,27,28,29)(H,35,36,37). The Bertz CT molecular complexity index is 1600. The summed E-state index contributed by atoms with van der Waals surface area (Å²) >= 11 is 0. The molecule has 4 unspecified atom stereocenters. The monoisotopic (exact) mass is 556 g/mol. The van der Waals surface area contributed by atoms with Gasteiger partial charge >= 0.3 is 0 Å². The van der Waals surface area contributed by atoms with Gasteiger partial charge in [0.2, 0.25) is 0 Å². The van der Waals surface area contributed by atoms with Gasteiger partial charge < -0.3 is 30.7 Å². The van der Waals surface area contributed by atoms with Crippen LogP contribution in [0.2, 0.25) is 0 Å². The molecule has 0 spiro atoms. The van der Waals surface area contributed by atoms with Crippen molar-refractivity contribution in [1.82, 2.24) is 24.8 Å². The van der Waals surface area contributed by atoms with Gasteiger partial charge in [-0.25, -0.2) is 15.0 Å². The lowest BCUT2D eigenvalue weighted by molar-refractivity contribution is -0.0511. The fraction of sp³-hybridized carbons (Fsp3) is 0.250. The molecular formula is C24H24N6O8S. The number of amides is 1. The Morgan fingerprint density at radius 1 is 1.03 bits per heavy atom. The van der Waals surface area contributed by atoms with Crippen molar-refractivity contribution in [2.75, 3.05) is 11.9 Å². The molecule has 1 aliphatic rings. The van der Waals surface area contributed by atoms with E-state index >= 15 is 0 Å². The van der Waals surface area contributed by atoms with Gasteiger partial charge in [0.25, 0.3) is 16.0 Å². The molecule has 4 atom stereocenters. The molecule has 1 amide bonds. The lowest BCUT2D eigenvalue weighted by Gasteiger charge is -2.17. The number of imidazole rings is 1. The molecule has 6 N–H and O–H groups in total. The quantitative estimate of drug-likeness (QED) is 0.163. The van der Waals surface area contributed by atoms with Gasteiger partial charge in [-0.05, 0) is 36.4 Å². The minimum Gasteiger partial charge on any atom is -0.394 e. The third-order valence-electron chi connectivity index (χ3n) is 6.12. The first-order valence-electron chi connectivity index (χ1n) is 11.7. The molecule has 3 heterocycles. The second-order valence-corrected chi connectivity index (χ2v) is 10.1. The molecule has 39 heavy (non-hydrogen) atoms. The Morgan fingerprint density at radius 2 is 1.74 bits per heavy atom. The third-order valence-corrected chi connectivity index (χ3v) is 6.98. The zero-order valence-electron chi connectivity index (χ0n) is 20.1. The summed E-state index contributed by atoms with van der Waals surface area (Å²) in [5.74, 6) is -0.0779. The second-order valence-electron chi connectivity index (χ2n) is 8.71. The van der Waals surface area contributed by atoms with E-state index < -0.39 is 47.2 Å². The number of anilines is 2. The van der Waals surface area contributed by atoms with E-state index in [1.807, 2.05) is 30.3 Å². The Kier molecular flexibility index (Phi) is 7.26. The highest BCUT2D eigenvalue weighted by molar-refractivity contribution is 7.85. The molecule has 2 aromatic carbocycles. The second kappa shape index (κ2) is 10.6. The van der Waals surface area contributed by atoms with E-state index in [-0.39, 0.29) is 28.5 Å². The minimum absolute atomic E-state index is 0.139. The van der Waals surface area contributed by atoms with Crippen LogP contribution in [0.15, 0.2) is 65.8 Å². The van der Waals surface area contributed by atoms with Gasteiger partial charge in [0.05, 0.1) is 24.4 Å². The summed E-state index contributed by atoms with van der Waals surface area (Å²) in [6, 6.07) is 13.8. The van der Waals surface area contributed by atoms with Crippen molar-refractivity contribution in [3.63, 3.8) is 0 Å². The fourth-order valence-electron chi connectivity index (χ4n) is 4.12. The number of carbonyl (C=O) groups is 1. The van der Waals surface area contributed by atoms with E-state index in [0.29, 0.717) is 17.0 Å². The van der Waals surface area contributed by atoms with E-state index in [4.69, 9.17) is 9.29 Å². The number of aliphatic hydroxyl groups is 3. The first kappa shape index (κ1) is 26.6. The van der Waals surface area contributed by atoms with Crippen molar-refractivity contribution in [2.45, 2.75) is 36.0 Å². The van der Waals surface area contributed by atoms with E-state index in [1.165, 1.54) is 23.0 Å². The number of nitrogens with zero attached hydrogens (tertiary/aromatic N) is 4. The van der Waals surface area contributed by atoms with Crippen molar-refractivity contribution < 1.29 is 37.8 Å². The lowest BCUT2D eigenvalue weighted by Crippen LogP contribution is -2.33. The minimum atomic E-state index is -4.39. The molecule has 0 bridgehead atoms. The van der Waals surface area contributed by atoms with Crippen molar-refractivity contribution in [2.24, 2.45) is 0 Å². The number of carbonyl (C=O) groups excluding carboxylic acids is 1. The van der Waals surface area contributed by atoms with E-state index in [2.05, 4.69) is 25.6 Å². The van der Waals surface area contributed by atoms with Gasteiger partial charge in [-0.15, -0.1) is 0 Å². The topological polar surface area (TPSA) is 209 Å². The maximum Gasteiger partial charge on any atom is 0.294 e. The predicted molar refractivity (Wildman–Crippen MR) is 135 cm³/mol. The first-order chi connectivity index (χ1) is 18.7. The lowest BCUT2D eigenvalue weighted by atomic mass is 10.1. The molecule has 1 saturated heterocycles. The molecule has 4 aromatic rings. The van der Waals surface area contributed by atoms with Crippen LogP contribution in [-0.4, -0.2) is 78.6 Å². The molecule has 204 valence electrons. The van der Waals surface area contributed by atoms with Crippen LogP contribution in [0.3, 0.4) is 0 Å². The number of hydrogen-bond donors (Lipinski definition) is 6. The molecule has 15 heteroatoms.